The summed E-state index contributed by atoms with van der Waals surface area (Å²) in [6.45, 7) is 3.29. The first-order valence-electron chi connectivity index (χ1n) is 13.1. The minimum Gasteiger partial charge on any atom is -0.447 e. The number of ether oxygens (including phenoxy) is 2. The summed E-state index contributed by atoms with van der Waals surface area (Å²) in [7, 11) is 0. The number of rotatable bonds is 10. The van der Waals surface area contributed by atoms with Crippen molar-refractivity contribution in [2.24, 2.45) is 17.0 Å². The summed E-state index contributed by atoms with van der Waals surface area (Å²) in [6, 6.07) is 13.5. The SMILES string of the molecule is CC(=O)NCC1COC(=O)N1c1ccc(N2C[C@H]3C(N(CCN=[N+]=[N-])C(=O)OCc4ccccc4)[C@@H]3C2)c(F)c1. The summed E-state index contributed by atoms with van der Waals surface area (Å²) < 4.78 is 26.0. The van der Waals surface area contributed by atoms with Gasteiger partial charge in [0.2, 0.25) is 5.91 Å². The molecule has 2 aliphatic heterocycles. The van der Waals surface area contributed by atoms with Gasteiger partial charge < -0.3 is 24.6 Å². The van der Waals surface area contributed by atoms with E-state index in [9.17, 15) is 14.4 Å². The van der Waals surface area contributed by atoms with Gasteiger partial charge in [0.15, 0.2) is 0 Å². The van der Waals surface area contributed by atoms with E-state index < -0.39 is 24.0 Å². The Hall–Kier alpha value is -4.51. The first-order chi connectivity index (χ1) is 19.4. The van der Waals surface area contributed by atoms with Gasteiger partial charge in [-0.2, -0.15) is 0 Å². The van der Waals surface area contributed by atoms with Crippen molar-refractivity contribution in [3.63, 3.8) is 0 Å². The maximum Gasteiger partial charge on any atom is 0.414 e. The van der Waals surface area contributed by atoms with Crippen molar-refractivity contribution in [2.45, 2.75) is 25.6 Å². The second-order valence-corrected chi connectivity index (χ2v) is 10.1. The minimum atomic E-state index is -0.590. The molecule has 13 heteroatoms. The number of halogens is 1. The third kappa shape index (κ3) is 5.74. The fraction of sp³-hybridized carbons (Fsp3) is 0.444. The third-order valence-corrected chi connectivity index (χ3v) is 7.55. The van der Waals surface area contributed by atoms with Crippen LogP contribution in [-0.4, -0.2) is 74.4 Å². The van der Waals surface area contributed by atoms with E-state index in [4.69, 9.17) is 15.0 Å². The highest BCUT2D eigenvalue weighted by Gasteiger charge is 2.60. The molecule has 0 radical (unpaired) electrons. The van der Waals surface area contributed by atoms with Gasteiger partial charge in [0.05, 0.1) is 17.4 Å². The number of carbonyl (C=O) groups excluding carboxylic acids is 3. The average molecular weight is 552 g/mol. The van der Waals surface area contributed by atoms with Crippen LogP contribution < -0.4 is 15.1 Å². The second kappa shape index (κ2) is 11.7. The molecule has 1 N–H and O–H groups in total. The third-order valence-electron chi connectivity index (χ3n) is 7.55. The fourth-order valence-corrected chi connectivity index (χ4v) is 5.61. The first-order valence-corrected chi connectivity index (χ1v) is 13.1. The molecule has 2 aromatic carbocycles. The Morgan fingerprint density at radius 3 is 2.65 bits per heavy atom. The van der Waals surface area contributed by atoms with E-state index in [-0.39, 0.29) is 56.6 Å². The fourth-order valence-electron chi connectivity index (χ4n) is 5.61. The number of fused-ring (bicyclic) bond motifs is 1. The molecular weight excluding hydrogens is 521 g/mol. The molecule has 12 nitrogen and oxygen atoms in total. The predicted molar refractivity (Wildman–Crippen MR) is 143 cm³/mol. The molecule has 3 amide bonds. The van der Waals surface area contributed by atoms with Crippen LogP contribution in [-0.2, 0) is 20.9 Å². The molecule has 2 heterocycles. The number of benzene rings is 2. The van der Waals surface area contributed by atoms with Gasteiger partial charge in [-0.1, -0.05) is 35.4 Å². The van der Waals surface area contributed by atoms with Gasteiger partial charge in [0.1, 0.15) is 19.0 Å². The van der Waals surface area contributed by atoms with Crippen LogP contribution in [0.1, 0.15) is 12.5 Å². The first kappa shape index (κ1) is 27.1. The molecule has 2 aromatic rings. The van der Waals surface area contributed by atoms with E-state index in [1.54, 1.807) is 17.0 Å². The highest BCUT2D eigenvalue weighted by Crippen LogP contribution is 2.50. The smallest absolute Gasteiger partial charge is 0.414 e. The standard InChI is InChI=1S/C27H30FN7O5/c1-17(36)30-12-20-16-40-27(38)35(20)19-7-8-24(23(28)11-19)33-13-21-22(14-33)25(21)34(10-9-31-32-29)26(37)39-15-18-5-3-2-4-6-18/h2-8,11,20-22,25H,9-10,12-16H2,1H3,(H,30,36)/t20?,21-,22-/m1/s1. The van der Waals surface area contributed by atoms with E-state index in [0.29, 0.717) is 24.5 Å². The lowest BCUT2D eigenvalue weighted by molar-refractivity contribution is -0.119. The van der Waals surface area contributed by atoms with Crippen molar-refractivity contribution in [1.29, 1.82) is 0 Å². The van der Waals surface area contributed by atoms with Gasteiger partial charge in [-0.3, -0.25) is 9.69 Å². The van der Waals surface area contributed by atoms with Crippen LogP contribution in [0.25, 0.3) is 10.4 Å². The van der Waals surface area contributed by atoms with Gasteiger partial charge in [0, 0.05) is 62.4 Å². The van der Waals surface area contributed by atoms with Crippen LogP contribution >= 0.6 is 0 Å². The van der Waals surface area contributed by atoms with Gasteiger partial charge in [-0.05, 0) is 29.3 Å². The lowest BCUT2D eigenvalue weighted by atomic mass is 10.2. The Kier molecular flexibility index (Phi) is 7.92. The van der Waals surface area contributed by atoms with E-state index in [1.165, 1.54) is 17.9 Å². The molecule has 40 heavy (non-hydrogen) atoms. The van der Waals surface area contributed by atoms with Gasteiger partial charge in [0.25, 0.3) is 0 Å². The number of anilines is 2. The number of piperidine rings is 1. The van der Waals surface area contributed by atoms with E-state index in [0.717, 1.165) is 5.56 Å². The predicted octanol–water partition coefficient (Wildman–Crippen LogP) is 3.67. The zero-order chi connectivity index (χ0) is 28.2. The normalized spacial score (nSPS) is 22.7. The molecule has 1 aliphatic carbocycles. The van der Waals surface area contributed by atoms with Gasteiger partial charge in [-0.25, -0.2) is 14.0 Å². The van der Waals surface area contributed by atoms with Crippen LogP contribution in [0.15, 0.2) is 53.6 Å². The number of cyclic esters (lactones) is 1. The van der Waals surface area contributed by atoms with Crippen LogP contribution in [0, 0.1) is 17.7 Å². The summed E-state index contributed by atoms with van der Waals surface area (Å²) in [6.07, 6.45) is -1.06. The highest BCUT2D eigenvalue weighted by molar-refractivity contribution is 5.90. The number of hydrogen-bond acceptors (Lipinski definition) is 7. The van der Waals surface area contributed by atoms with Crippen LogP contribution in [0.3, 0.4) is 0 Å². The Morgan fingerprint density at radius 2 is 1.98 bits per heavy atom. The maximum atomic E-state index is 15.3. The minimum absolute atomic E-state index is 0.0790. The number of nitrogens with one attached hydrogen (secondary N) is 1. The lowest BCUT2D eigenvalue weighted by Crippen LogP contribution is -2.42. The Bertz CT molecular complexity index is 1310. The zero-order valence-electron chi connectivity index (χ0n) is 22.0. The molecule has 3 aliphatic rings. The lowest BCUT2D eigenvalue weighted by Gasteiger charge is -2.28. The van der Waals surface area contributed by atoms with Crippen molar-refractivity contribution in [3.8, 4) is 0 Å². The van der Waals surface area contributed by atoms with Crippen molar-refractivity contribution < 1.29 is 28.2 Å². The van der Waals surface area contributed by atoms with Crippen molar-refractivity contribution >= 4 is 29.5 Å². The van der Waals surface area contributed by atoms with Crippen LogP contribution in [0.4, 0.5) is 25.4 Å². The van der Waals surface area contributed by atoms with Gasteiger partial charge >= 0.3 is 12.2 Å². The number of hydrogen-bond donors (Lipinski definition) is 1. The molecule has 0 aromatic heterocycles. The summed E-state index contributed by atoms with van der Waals surface area (Å²) in [5.74, 6) is -0.446. The van der Waals surface area contributed by atoms with Crippen molar-refractivity contribution in [3.05, 3.63) is 70.4 Å². The summed E-state index contributed by atoms with van der Waals surface area (Å²) >= 11 is 0. The van der Waals surface area contributed by atoms with E-state index >= 15 is 4.39 Å². The molecular formula is C27H30FN7O5. The molecule has 0 spiro atoms. The quantitative estimate of drug-likeness (QED) is 0.271. The number of nitrogens with zero attached hydrogens (tertiary/aromatic N) is 6. The van der Waals surface area contributed by atoms with E-state index in [1.807, 2.05) is 35.2 Å². The Labute approximate surface area is 230 Å². The molecule has 1 unspecified atom stereocenters. The van der Waals surface area contributed by atoms with Crippen molar-refractivity contribution in [2.75, 3.05) is 49.1 Å². The van der Waals surface area contributed by atoms with Crippen LogP contribution in [0.5, 0.6) is 0 Å². The molecule has 3 fully saturated rings. The molecule has 5 rings (SSSR count). The molecule has 1 saturated carbocycles. The topological polar surface area (TPSA) is 140 Å². The van der Waals surface area contributed by atoms with Gasteiger partial charge in [-0.15, -0.1) is 0 Å². The van der Waals surface area contributed by atoms with Crippen LogP contribution in [0.2, 0.25) is 0 Å². The summed E-state index contributed by atoms with van der Waals surface area (Å²) in [4.78, 5) is 44.2. The number of amides is 3. The highest BCUT2D eigenvalue weighted by atomic mass is 19.1. The number of azide groups is 1. The average Bonchev–Trinajstić information content (AvgIpc) is 3.24. The summed E-state index contributed by atoms with van der Waals surface area (Å²) in [5, 5.41) is 6.24. The molecule has 0 bridgehead atoms. The zero-order valence-corrected chi connectivity index (χ0v) is 22.0. The maximum absolute atomic E-state index is 15.3. The largest absolute Gasteiger partial charge is 0.447 e. The second-order valence-electron chi connectivity index (χ2n) is 10.1. The molecule has 2 saturated heterocycles. The van der Waals surface area contributed by atoms with E-state index in [2.05, 4.69) is 15.3 Å². The Balaban J connectivity index is 1.22. The molecule has 3 atom stereocenters. The van der Waals surface area contributed by atoms with Crippen molar-refractivity contribution in [1.82, 2.24) is 10.2 Å². The Morgan fingerprint density at radius 1 is 1.23 bits per heavy atom. The number of carbonyl (C=O) groups is 3. The monoisotopic (exact) mass is 551 g/mol. The molecule has 210 valence electrons. The summed E-state index contributed by atoms with van der Waals surface area (Å²) in [5.41, 5.74) is 10.3.